The minimum atomic E-state index is -0.471. The van der Waals surface area contributed by atoms with Gasteiger partial charge in [-0.25, -0.2) is 4.79 Å². The highest BCUT2D eigenvalue weighted by Crippen LogP contribution is 2.43. The van der Waals surface area contributed by atoms with Gasteiger partial charge in [0.15, 0.2) is 5.69 Å². The third-order valence-corrected chi connectivity index (χ3v) is 7.81. The van der Waals surface area contributed by atoms with Crippen molar-refractivity contribution in [2.24, 2.45) is 13.0 Å². The predicted molar refractivity (Wildman–Crippen MR) is 143 cm³/mol. The third kappa shape index (κ3) is 3.72. The molecule has 0 bridgehead atoms. The summed E-state index contributed by atoms with van der Waals surface area (Å²) in [4.78, 5) is 18.0. The standard InChI is InChI=1S/C29H31N5O4/c1-16-8-6-7-9-21(16)26(19-10-12-37-13-11-19)34-22-14-20(23-17(2)32-38-18(23)3)15-30-24(22)27-28(34)25(29(35)36-5)31-33(27)4/h6-9,14-15,19,26H,10-13H2,1-5H3. The molecule has 0 radical (unpaired) electrons. The van der Waals surface area contributed by atoms with E-state index in [0.29, 0.717) is 13.2 Å². The van der Waals surface area contributed by atoms with Crippen molar-refractivity contribution in [3.63, 3.8) is 0 Å². The number of pyridine rings is 1. The lowest BCUT2D eigenvalue weighted by atomic mass is 9.85. The number of benzene rings is 1. The fourth-order valence-electron chi connectivity index (χ4n) is 6.06. The molecule has 1 aliphatic rings. The second-order valence-electron chi connectivity index (χ2n) is 10.1. The van der Waals surface area contributed by atoms with Crippen molar-refractivity contribution >= 4 is 28.0 Å². The molecule has 0 N–H and O–H groups in total. The van der Waals surface area contributed by atoms with Crippen molar-refractivity contribution in [1.29, 1.82) is 0 Å². The molecule has 1 aromatic carbocycles. The Labute approximate surface area is 220 Å². The first-order valence-electron chi connectivity index (χ1n) is 12.9. The van der Waals surface area contributed by atoms with E-state index in [4.69, 9.17) is 19.0 Å². The lowest BCUT2D eigenvalue weighted by molar-refractivity contribution is 0.0548. The molecule has 0 aliphatic carbocycles. The van der Waals surface area contributed by atoms with Crippen molar-refractivity contribution < 1.29 is 18.8 Å². The molecule has 9 nitrogen and oxygen atoms in total. The van der Waals surface area contributed by atoms with E-state index >= 15 is 0 Å². The molecule has 5 aromatic rings. The Bertz CT molecular complexity index is 1650. The summed E-state index contributed by atoms with van der Waals surface area (Å²) in [6.07, 6.45) is 3.66. The van der Waals surface area contributed by atoms with Gasteiger partial charge in [-0.05, 0) is 56.7 Å². The molecular formula is C29H31N5O4. The van der Waals surface area contributed by atoms with Gasteiger partial charge in [0, 0.05) is 37.6 Å². The highest BCUT2D eigenvalue weighted by molar-refractivity contribution is 6.12. The number of rotatable bonds is 5. The summed E-state index contributed by atoms with van der Waals surface area (Å²) in [6.45, 7) is 7.39. The second kappa shape index (κ2) is 9.40. The average Bonchev–Trinajstić information content (AvgIpc) is 3.56. The normalized spacial score (nSPS) is 15.4. The van der Waals surface area contributed by atoms with E-state index in [0.717, 1.165) is 57.5 Å². The van der Waals surface area contributed by atoms with Crippen LogP contribution in [0.25, 0.3) is 33.2 Å². The molecular weight excluding hydrogens is 482 g/mol. The molecule has 196 valence electrons. The maximum absolute atomic E-state index is 13.0. The third-order valence-electron chi connectivity index (χ3n) is 7.81. The van der Waals surface area contributed by atoms with Gasteiger partial charge in [0.2, 0.25) is 0 Å². The zero-order valence-corrected chi connectivity index (χ0v) is 22.3. The van der Waals surface area contributed by atoms with Gasteiger partial charge in [-0.3, -0.25) is 9.67 Å². The molecule has 0 amide bonds. The minimum absolute atomic E-state index is 0.0607. The fourth-order valence-corrected chi connectivity index (χ4v) is 6.06. The highest BCUT2D eigenvalue weighted by atomic mass is 16.5. The number of methoxy groups -OCH3 is 1. The van der Waals surface area contributed by atoms with Crippen LogP contribution in [-0.2, 0) is 16.5 Å². The van der Waals surface area contributed by atoms with Crippen LogP contribution in [0.1, 0.15) is 52.0 Å². The van der Waals surface area contributed by atoms with Crippen LogP contribution in [0.4, 0.5) is 0 Å². The number of ether oxygens (including phenoxy) is 2. The van der Waals surface area contributed by atoms with Gasteiger partial charge >= 0.3 is 5.97 Å². The van der Waals surface area contributed by atoms with Crippen molar-refractivity contribution in [1.82, 2.24) is 24.5 Å². The molecule has 1 atom stereocenters. The van der Waals surface area contributed by atoms with Gasteiger partial charge in [-0.1, -0.05) is 29.4 Å². The van der Waals surface area contributed by atoms with Gasteiger partial charge in [0.25, 0.3) is 0 Å². The zero-order chi connectivity index (χ0) is 26.6. The first-order chi connectivity index (χ1) is 18.4. The van der Waals surface area contributed by atoms with Gasteiger partial charge in [-0.2, -0.15) is 5.10 Å². The van der Waals surface area contributed by atoms with E-state index in [9.17, 15) is 4.79 Å². The monoisotopic (exact) mass is 513 g/mol. The summed E-state index contributed by atoms with van der Waals surface area (Å²) in [7, 11) is 3.24. The molecule has 1 aliphatic heterocycles. The molecule has 5 heterocycles. The van der Waals surface area contributed by atoms with Crippen LogP contribution in [0.5, 0.6) is 0 Å². The van der Waals surface area contributed by atoms with Gasteiger partial charge in [-0.15, -0.1) is 0 Å². The second-order valence-corrected chi connectivity index (χ2v) is 10.1. The topological polar surface area (TPSA) is 97.2 Å². The Morgan fingerprint density at radius 2 is 1.89 bits per heavy atom. The zero-order valence-electron chi connectivity index (χ0n) is 22.3. The Morgan fingerprint density at radius 3 is 2.58 bits per heavy atom. The van der Waals surface area contributed by atoms with Crippen LogP contribution >= 0.6 is 0 Å². The first kappa shape index (κ1) is 24.4. The van der Waals surface area contributed by atoms with Gasteiger partial charge < -0.3 is 18.6 Å². The molecule has 0 spiro atoms. The van der Waals surface area contributed by atoms with E-state index in [1.807, 2.05) is 27.1 Å². The van der Waals surface area contributed by atoms with Crippen LogP contribution in [0, 0.1) is 26.7 Å². The molecule has 1 fully saturated rings. The van der Waals surface area contributed by atoms with Crippen molar-refractivity contribution in [2.75, 3.05) is 20.3 Å². The van der Waals surface area contributed by atoms with Crippen LogP contribution in [0.3, 0.4) is 0 Å². The number of hydrogen-bond donors (Lipinski definition) is 0. The number of aryl methyl sites for hydroxylation is 4. The van der Waals surface area contributed by atoms with Crippen molar-refractivity contribution in [3.8, 4) is 11.1 Å². The lowest BCUT2D eigenvalue weighted by Crippen LogP contribution is -2.27. The van der Waals surface area contributed by atoms with Gasteiger partial charge in [0.05, 0.1) is 24.4 Å². The summed E-state index contributed by atoms with van der Waals surface area (Å²) in [5.41, 5.74) is 8.59. The number of carbonyl (C=O) groups excluding carboxylic acids is 1. The van der Waals surface area contributed by atoms with E-state index in [-0.39, 0.29) is 17.7 Å². The van der Waals surface area contributed by atoms with Crippen molar-refractivity contribution in [3.05, 3.63) is 64.8 Å². The van der Waals surface area contributed by atoms with E-state index in [1.165, 1.54) is 18.2 Å². The van der Waals surface area contributed by atoms with Gasteiger partial charge in [0.1, 0.15) is 22.3 Å². The van der Waals surface area contributed by atoms with Crippen molar-refractivity contribution in [2.45, 2.75) is 39.7 Å². The van der Waals surface area contributed by atoms with Crippen LogP contribution in [0.2, 0.25) is 0 Å². The summed E-state index contributed by atoms with van der Waals surface area (Å²) >= 11 is 0. The summed E-state index contributed by atoms with van der Waals surface area (Å²) in [5, 5.41) is 8.77. The smallest absolute Gasteiger partial charge is 0.360 e. The molecule has 0 saturated carbocycles. The molecule has 4 aromatic heterocycles. The molecule has 38 heavy (non-hydrogen) atoms. The number of aromatic nitrogens is 5. The summed E-state index contributed by atoms with van der Waals surface area (Å²) < 4.78 is 20.4. The lowest BCUT2D eigenvalue weighted by Gasteiger charge is -2.33. The largest absolute Gasteiger partial charge is 0.464 e. The number of hydrogen-bond acceptors (Lipinski definition) is 7. The Balaban J connectivity index is 1.74. The summed E-state index contributed by atoms with van der Waals surface area (Å²) in [5.74, 6) is 0.557. The highest BCUT2D eigenvalue weighted by Gasteiger charge is 2.34. The Hall–Kier alpha value is -3.98. The van der Waals surface area contributed by atoms with Crippen LogP contribution in [-0.4, -0.2) is 50.8 Å². The fraction of sp³-hybridized carbons (Fsp3) is 0.379. The average molecular weight is 514 g/mol. The SMILES string of the molecule is COC(=O)c1nn(C)c2c3ncc(-c4c(C)noc4C)cc3n(C(c3ccccc3C)C3CCOCC3)c12. The Morgan fingerprint density at radius 1 is 1.13 bits per heavy atom. The summed E-state index contributed by atoms with van der Waals surface area (Å²) in [6, 6.07) is 10.5. The van der Waals surface area contributed by atoms with Crippen LogP contribution in [0.15, 0.2) is 41.1 Å². The van der Waals surface area contributed by atoms with E-state index < -0.39 is 5.97 Å². The number of fused-ring (bicyclic) bond motifs is 3. The predicted octanol–water partition coefficient (Wildman–Crippen LogP) is 5.31. The number of nitrogens with zero attached hydrogens (tertiary/aromatic N) is 5. The van der Waals surface area contributed by atoms with Crippen LogP contribution < -0.4 is 0 Å². The minimum Gasteiger partial charge on any atom is -0.464 e. The number of carbonyl (C=O) groups is 1. The molecule has 9 heteroatoms. The number of esters is 1. The maximum atomic E-state index is 13.0. The van der Waals surface area contributed by atoms with E-state index in [1.54, 1.807) is 4.68 Å². The molecule has 6 rings (SSSR count). The molecule has 1 unspecified atom stereocenters. The molecule has 1 saturated heterocycles. The maximum Gasteiger partial charge on any atom is 0.360 e. The Kier molecular flexibility index (Phi) is 6.03. The first-order valence-corrected chi connectivity index (χ1v) is 12.9. The quantitative estimate of drug-likeness (QED) is 0.294. The van der Waals surface area contributed by atoms with E-state index in [2.05, 4.69) is 52.1 Å².